The standard InChI is InChI=1S/C19H25N3O6/c1-6-26-18-22-13-8-7-12(11(2)15(13)16(24)27-18)21-14(23)9-10-20-17(25)28-19(3,4)5/h7-8H,6,9-10H2,1-5H3,(H,20,25)(H,21,23). The van der Waals surface area contributed by atoms with Crippen LogP contribution in [-0.2, 0) is 9.53 Å². The van der Waals surface area contributed by atoms with E-state index in [9.17, 15) is 14.4 Å². The predicted octanol–water partition coefficient (Wildman–Crippen LogP) is 2.75. The highest BCUT2D eigenvalue weighted by Gasteiger charge is 2.17. The van der Waals surface area contributed by atoms with Crippen molar-refractivity contribution in [3.63, 3.8) is 0 Å². The van der Waals surface area contributed by atoms with Gasteiger partial charge in [-0.2, -0.15) is 4.98 Å². The van der Waals surface area contributed by atoms with Crippen LogP contribution in [-0.4, -0.2) is 35.7 Å². The Morgan fingerprint density at radius 2 is 1.96 bits per heavy atom. The number of ether oxygens (including phenoxy) is 2. The molecule has 9 heteroatoms. The minimum absolute atomic E-state index is 0.0485. The third-order valence-electron chi connectivity index (χ3n) is 3.60. The van der Waals surface area contributed by atoms with Crippen molar-refractivity contribution in [3.8, 4) is 6.08 Å². The zero-order chi connectivity index (χ0) is 20.9. The van der Waals surface area contributed by atoms with E-state index in [1.165, 1.54) is 0 Å². The number of carbonyl (C=O) groups is 2. The SMILES string of the molecule is CCOc1nc2ccc(NC(=O)CCNC(=O)OC(C)(C)C)c(C)c2c(=O)o1. The molecule has 1 aromatic carbocycles. The van der Waals surface area contributed by atoms with Gasteiger partial charge in [0.15, 0.2) is 0 Å². The van der Waals surface area contributed by atoms with E-state index >= 15 is 0 Å². The van der Waals surface area contributed by atoms with Gasteiger partial charge in [0.1, 0.15) is 5.60 Å². The van der Waals surface area contributed by atoms with Gasteiger partial charge in [0.05, 0.1) is 17.5 Å². The van der Waals surface area contributed by atoms with Gasteiger partial charge in [-0.25, -0.2) is 9.59 Å². The summed E-state index contributed by atoms with van der Waals surface area (Å²) in [5, 5.41) is 5.51. The third-order valence-corrected chi connectivity index (χ3v) is 3.60. The van der Waals surface area contributed by atoms with E-state index in [0.717, 1.165) is 0 Å². The lowest BCUT2D eigenvalue weighted by Crippen LogP contribution is -2.34. The molecule has 0 aliphatic heterocycles. The maximum atomic E-state index is 12.2. The van der Waals surface area contributed by atoms with Gasteiger partial charge in [-0.3, -0.25) is 4.79 Å². The number of nitrogens with zero attached hydrogens (tertiary/aromatic N) is 1. The third kappa shape index (κ3) is 5.70. The van der Waals surface area contributed by atoms with Crippen LogP contribution in [0.15, 0.2) is 21.3 Å². The molecule has 0 radical (unpaired) electrons. The second kappa shape index (κ2) is 8.73. The van der Waals surface area contributed by atoms with Crippen molar-refractivity contribution in [1.29, 1.82) is 0 Å². The van der Waals surface area contributed by atoms with Crippen molar-refractivity contribution in [1.82, 2.24) is 10.3 Å². The van der Waals surface area contributed by atoms with Gasteiger partial charge in [-0.1, -0.05) is 0 Å². The first-order chi connectivity index (χ1) is 13.1. The number of alkyl carbamates (subject to hydrolysis) is 1. The molecule has 0 saturated heterocycles. The summed E-state index contributed by atoms with van der Waals surface area (Å²) >= 11 is 0. The van der Waals surface area contributed by atoms with Crippen LogP contribution in [0.4, 0.5) is 10.5 Å². The first-order valence-electron chi connectivity index (χ1n) is 8.94. The van der Waals surface area contributed by atoms with Crippen LogP contribution in [0.2, 0.25) is 0 Å². The average molecular weight is 391 g/mol. The van der Waals surface area contributed by atoms with Gasteiger partial charge < -0.3 is 24.5 Å². The topological polar surface area (TPSA) is 120 Å². The highest BCUT2D eigenvalue weighted by molar-refractivity contribution is 5.95. The number of aromatic nitrogens is 1. The van der Waals surface area contributed by atoms with Gasteiger partial charge in [0.25, 0.3) is 0 Å². The molecule has 0 unspecified atom stereocenters. The highest BCUT2D eigenvalue weighted by atomic mass is 16.6. The minimum atomic E-state index is -0.605. The molecule has 9 nitrogen and oxygen atoms in total. The summed E-state index contributed by atoms with van der Waals surface area (Å²) in [5.41, 5.74) is 0.227. The number of hydrogen-bond acceptors (Lipinski definition) is 7. The summed E-state index contributed by atoms with van der Waals surface area (Å²) in [6.45, 7) is 9.16. The maximum Gasteiger partial charge on any atom is 0.407 e. The maximum absolute atomic E-state index is 12.2. The Kier molecular flexibility index (Phi) is 6.61. The summed E-state index contributed by atoms with van der Waals surface area (Å²) in [6, 6.07) is 3.26. The molecule has 0 aliphatic carbocycles. The number of fused-ring (bicyclic) bond motifs is 1. The fraction of sp³-hybridized carbons (Fsp3) is 0.474. The van der Waals surface area contributed by atoms with E-state index in [2.05, 4.69) is 15.6 Å². The van der Waals surface area contributed by atoms with Crippen LogP contribution >= 0.6 is 0 Å². The molecule has 0 saturated carbocycles. The van der Waals surface area contributed by atoms with Gasteiger partial charge in [-0.15, -0.1) is 0 Å². The monoisotopic (exact) mass is 391 g/mol. The lowest BCUT2D eigenvalue weighted by atomic mass is 10.1. The summed E-state index contributed by atoms with van der Waals surface area (Å²) in [7, 11) is 0. The number of carbonyl (C=O) groups excluding carboxylic acids is 2. The van der Waals surface area contributed by atoms with E-state index < -0.39 is 17.3 Å². The van der Waals surface area contributed by atoms with Crippen molar-refractivity contribution in [2.24, 2.45) is 0 Å². The summed E-state index contributed by atoms with van der Waals surface area (Å²) in [6.07, 6.45) is -0.632. The number of aryl methyl sites for hydroxylation is 1. The molecule has 0 bridgehead atoms. The molecule has 152 valence electrons. The fourth-order valence-corrected chi connectivity index (χ4v) is 2.43. The first-order valence-corrected chi connectivity index (χ1v) is 8.94. The molecule has 2 aromatic rings. The Labute approximate surface area is 162 Å². The van der Waals surface area contributed by atoms with Crippen LogP contribution in [0, 0.1) is 6.92 Å². The van der Waals surface area contributed by atoms with Crippen molar-refractivity contribution < 1.29 is 23.5 Å². The van der Waals surface area contributed by atoms with Crippen molar-refractivity contribution in [2.75, 3.05) is 18.5 Å². The van der Waals surface area contributed by atoms with Crippen LogP contribution in [0.5, 0.6) is 6.08 Å². The van der Waals surface area contributed by atoms with Gasteiger partial charge >= 0.3 is 17.8 Å². The van der Waals surface area contributed by atoms with E-state index in [1.807, 2.05) is 0 Å². The van der Waals surface area contributed by atoms with Crippen molar-refractivity contribution in [2.45, 2.75) is 46.6 Å². The van der Waals surface area contributed by atoms with Gasteiger partial charge in [0.2, 0.25) is 5.91 Å². The molecule has 2 amide bonds. The van der Waals surface area contributed by atoms with Gasteiger partial charge in [0, 0.05) is 18.7 Å². The Balaban J connectivity index is 2.04. The number of nitrogens with one attached hydrogen (secondary N) is 2. The van der Waals surface area contributed by atoms with E-state index in [4.69, 9.17) is 13.9 Å². The van der Waals surface area contributed by atoms with Crippen LogP contribution in [0.1, 0.15) is 39.7 Å². The molecular formula is C19H25N3O6. The molecule has 2 rings (SSSR count). The zero-order valence-corrected chi connectivity index (χ0v) is 16.7. The normalized spacial score (nSPS) is 11.2. The van der Waals surface area contributed by atoms with E-state index in [0.29, 0.717) is 23.4 Å². The predicted molar refractivity (Wildman–Crippen MR) is 104 cm³/mol. The molecule has 28 heavy (non-hydrogen) atoms. The highest BCUT2D eigenvalue weighted by Crippen LogP contribution is 2.23. The summed E-state index contributed by atoms with van der Waals surface area (Å²) in [4.78, 5) is 40.1. The Bertz CT molecular complexity index is 930. The molecule has 1 aromatic heterocycles. The fourth-order valence-electron chi connectivity index (χ4n) is 2.43. The first kappa shape index (κ1) is 21.2. The number of benzene rings is 1. The lowest BCUT2D eigenvalue weighted by molar-refractivity contribution is -0.116. The minimum Gasteiger partial charge on any atom is -0.450 e. The molecule has 2 N–H and O–H groups in total. The molecule has 1 heterocycles. The average Bonchev–Trinajstić information content (AvgIpc) is 2.55. The molecular weight excluding hydrogens is 366 g/mol. The Morgan fingerprint density at radius 1 is 1.25 bits per heavy atom. The second-order valence-electron chi connectivity index (χ2n) is 7.06. The molecule has 0 atom stereocenters. The molecule has 0 fully saturated rings. The van der Waals surface area contributed by atoms with E-state index in [1.54, 1.807) is 46.8 Å². The number of amides is 2. The van der Waals surface area contributed by atoms with Crippen LogP contribution < -0.4 is 21.0 Å². The van der Waals surface area contributed by atoms with Crippen LogP contribution in [0.3, 0.4) is 0 Å². The zero-order valence-electron chi connectivity index (χ0n) is 16.7. The smallest absolute Gasteiger partial charge is 0.407 e. The van der Waals surface area contributed by atoms with E-state index in [-0.39, 0.29) is 30.3 Å². The number of anilines is 1. The lowest BCUT2D eigenvalue weighted by Gasteiger charge is -2.19. The quantitative estimate of drug-likeness (QED) is 0.777. The van der Waals surface area contributed by atoms with Gasteiger partial charge in [-0.05, 0) is 52.3 Å². The molecule has 0 aliphatic rings. The Hall–Kier alpha value is -3.10. The number of rotatable bonds is 6. The second-order valence-corrected chi connectivity index (χ2v) is 7.06. The number of hydrogen-bond donors (Lipinski definition) is 2. The summed E-state index contributed by atoms with van der Waals surface area (Å²) < 4.78 is 15.3. The van der Waals surface area contributed by atoms with Crippen molar-refractivity contribution in [3.05, 3.63) is 28.1 Å². The van der Waals surface area contributed by atoms with Crippen molar-refractivity contribution >= 4 is 28.6 Å². The molecule has 0 spiro atoms. The summed E-state index contributed by atoms with van der Waals surface area (Å²) in [5.74, 6) is -0.318. The largest absolute Gasteiger partial charge is 0.450 e. The van der Waals surface area contributed by atoms with Crippen LogP contribution in [0.25, 0.3) is 10.9 Å². The Morgan fingerprint density at radius 3 is 2.61 bits per heavy atom.